The zero-order chi connectivity index (χ0) is 16.4. The van der Waals surface area contributed by atoms with Gasteiger partial charge in [0.05, 0.1) is 5.57 Å². The molecular weight excluding hydrogens is 296 g/mol. The molecule has 0 unspecified atom stereocenters. The molecule has 0 aromatic heterocycles. The number of aromatic hydroxyl groups is 2. The number of nitrogens with one attached hydrogen (secondary N) is 2. The van der Waals surface area contributed by atoms with Crippen LogP contribution in [0.2, 0.25) is 0 Å². The maximum absolute atomic E-state index is 12.0. The number of hydrogen-bond donors (Lipinski definition) is 4. The van der Waals surface area contributed by atoms with Crippen molar-refractivity contribution in [3.8, 4) is 11.5 Å². The summed E-state index contributed by atoms with van der Waals surface area (Å²) in [6.45, 7) is 0.348. The summed E-state index contributed by atoms with van der Waals surface area (Å²) in [5.74, 6) is -1.27. The molecule has 116 valence electrons. The summed E-state index contributed by atoms with van der Waals surface area (Å²) in [4.78, 5) is 23.8. The van der Waals surface area contributed by atoms with Crippen LogP contribution >= 0.6 is 0 Å². The molecule has 6 nitrogen and oxygen atoms in total. The zero-order valence-electron chi connectivity index (χ0n) is 12.0. The molecule has 0 atom stereocenters. The Balaban J connectivity index is 1.82. The van der Waals surface area contributed by atoms with Crippen molar-refractivity contribution in [2.75, 3.05) is 0 Å². The zero-order valence-corrected chi connectivity index (χ0v) is 12.0. The van der Waals surface area contributed by atoms with Crippen molar-refractivity contribution in [3.63, 3.8) is 0 Å². The lowest BCUT2D eigenvalue weighted by Crippen LogP contribution is -2.36. The monoisotopic (exact) mass is 310 g/mol. The fourth-order valence-corrected chi connectivity index (χ4v) is 2.37. The van der Waals surface area contributed by atoms with Crippen LogP contribution in [-0.4, -0.2) is 22.0 Å². The molecule has 2 aromatic carbocycles. The average Bonchev–Trinajstić information content (AvgIpc) is 2.54. The van der Waals surface area contributed by atoms with Crippen molar-refractivity contribution < 1.29 is 19.8 Å². The third-order valence-electron chi connectivity index (χ3n) is 3.53. The second-order valence-electron chi connectivity index (χ2n) is 5.09. The van der Waals surface area contributed by atoms with Crippen LogP contribution in [0.1, 0.15) is 21.5 Å². The van der Waals surface area contributed by atoms with E-state index in [-0.39, 0.29) is 11.5 Å². The van der Waals surface area contributed by atoms with Crippen LogP contribution in [0.5, 0.6) is 11.5 Å². The van der Waals surface area contributed by atoms with Gasteiger partial charge in [-0.05, 0) is 23.8 Å². The molecule has 3 rings (SSSR count). The summed E-state index contributed by atoms with van der Waals surface area (Å²) in [6, 6.07) is 11.3. The van der Waals surface area contributed by atoms with Gasteiger partial charge in [0, 0.05) is 23.9 Å². The molecule has 2 aromatic rings. The molecule has 0 spiro atoms. The molecule has 1 heterocycles. The number of phenolic OH excluding ortho intramolecular Hbond substituents is 2. The van der Waals surface area contributed by atoms with Crippen molar-refractivity contribution in [2.45, 2.75) is 6.54 Å². The van der Waals surface area contributed by atoms with Crippen LogP contribution in [0.25, 0.3) is 5.57 Å². The summed E-state index contributed by atoms with van der Waals surface area (Å²) in [5.41, 5.74) is 2.12. The van der Waals surface area contributed by atoms with Crippen LogP contribution in [0.3, 0.4) is 0 Å². The maximum atomic E-state index is 12.0. The number of rotatable bonds is 3. The molecule has 23 heavy (non-hydrogen) atoms. The fraction of sp³-hybridized carbons (Fsp3) is 0.0588. The van der Waals surface area contributed by atoms with E-state index in [1.165, 1.54) is 18.3 Å². The van der Waals surface area contributed by atoms with E-state index in [0.717, 1.165) is 5.56 Å². The van der Waals surface area contributed by atoms with E-state index in [2.05, 4.69) is 10.6 Å². The Hall–Kier alpha value is -3.28. The standard InChI is InChI=1S/C17H14N2O4/c20-14-6-5-10(7-15(14)21)8-18-9-13-11-3-1-2-4-12(11)16(22)19-17(13)23/h1-7,9,18,20-21H,8H2,(H,19,22,23)/b13-9+. The molecule has 6 heteroatoms. The van der Waals surface area contributed by atoms with Crippen LogP contribution < -0.4 is 10.6 Å². The number of phenols is 2. The smallest absolute Gasteiger partial charge is 0.260 e. The lowest BCUT2D eigenvalue weighted by Gasteiger charge is -2.18. The Labute approximate surface area is 132 Å². The highest BCUT2D eigenvalue weighted by atomic mass is 16.3. The van der Waals surface area contributed by atoms with Gasteiger partial charge < -0.3 is 15.5 Å². The molecule has 4 N–H and O–H groups in total. The van der Waals surface area contributed by atoms with E-state index in [9.17, 15) is 19.8 Å². The van der Waals surface area contributed by atoms with Gasteiger partial charge in [0.15, 0.2) is 11.5 Å². The number of hydrogen-bond acceptors (Lipinski definition) is 5. The van der Waals surface area contributed by atoms with Crippen molar-refractivity contribution in [1.82, 2.24) is 10.6 Å². The van der Waals surface area contributed by atoms with E-state index in [1.54, 1.807) is 30.3 Å². The Morgan fingerprint density at radius 1 is 0.957 bits per heavy atom. The predicted octanol–water partition coefficient (Wildman–Crippen LogP) is 1.50. The topological polar surface area (TPSA) is 98.7 Å². The van der Waals surface area contributed by atoms with Gasteiger partial charge in [-0.25, -0.2) is 0 Å². The van der Waals surface area contributed by atoms with E-state index >= 15 is 0 Å². The first-order valence-corrected chi connectivity index (χ1v) is 6.96. The first-order valence-electron chi connectivity index (χ1n) is 6.96. The molecule has 0 aliphatic carbocycles. The number of carbonyl (C=O) groups excluding carboxylic acids is 2. The Bertz CT molecular complexity index is 827. The summed E-state index contributed by atoms with van der Waals surface area (Å²) < 4.78 is 0. The van der Waals surface area contributed by atoms with Gasteiger partial charge in [-0.2, -0.15) is 0 Å². The highest BCUT2D eigenvalue weighted by molar-refractivity contribution is 6.30. The molecule has 0 radical (unpaired) electrons. The minimum absolute atomic E-state index is 0.189. The fourth-order valence-electron chi connectivity index (χ4n) is 2.37. The number of imide groups is 1. The van der Waals surface area contributed by atoms with Gasteiger partial charge in [-0.3, -0.25) is 14.9 Å². The summed E-state index contributed by atoms with van der Waals surface area (Å²) in [6.07, 6.45) is 1.53. The quantitative estimate of drug-likeness (QED) is 0.391. The summed E-state index contributed by atoms with van der Waals surface area (Å²) in [7, 11) is 0. The van der Waals surface area contributed by atoms with Crippen LogP contribution in [0.15, 0.2) is 48.7 Å². The second kappa shape index (κ2) is 5.84. The Morgan fingerprint density at radius 2 is 1.70 bits per heavy atom. The van der Waals surface area contributed by atoms with Crippen molar-refractivity contribution in [1.29, 1.82) is 0 Å². The summed E-state index contributed by atoms with van der Waals surface area (Å²) in [5, 5.41) is 24.0. The van der Waals surface area contributed by atoms with E-state index in [0.29, 0.717) is 23.2 Å². The third-order valence-corrected chi connectivity index (χ3v) is 3.53. The maximum Gasteiger partial charge on any atom is 0.260 e. The SMILES string of the molecule is O=C1NC(=O)c2ccccc2/C1=C\NCc1ccc(O)c(O)c1. The highest BCUT2D eigenvalue weighted by Gasteiger charge is 2.26. The van der Waals surface area contributed by atoms with Gasteiger partial charge >= 0.3 is 0 Å². The molecule has 0 bridgehead atoms. The molecule has 0 saturated heterocycles. The van der Waals surface area contributed by atoms with Crippen molar-refractivity contribution >= 4 is 17.4 Å². The van der Waals surface area contributed by atoms with Crippen LogP contribution in [-0.2, 0) is 11.3 Å². The lowest BCUT2D eigenvalue weighted by atomic mass is 9.96. The van der Waals surface area contributed by atoms with Gasteiger partial charge in [0.25, 0.3) is 11.8 Å². The Kier molecular flexibility index (Phi) is 3.72. The Morgan fingerprint density at radius 3 is 2.43 bits per heavy atom. The molecule has 2 amide bonds. The van der Waals surface area contributed by atoms with Crippen molar-refractivity contribution in [2.24, 2.45) is 0 Å². The van der Waals surface area contributed by atoms with Gasteiger partial charge in [0.2, 0.25) is 0 Å². The molecular formula is C17H14N2O4. The van der Waals surface area contributed by atoms with Crippen LogP contribution in [0, 0.1) is 0 Å². The lowest BCUT2D eigenvalue weighted by molar-refractivity contribution is -0.114. The van der Waals surface area contributed by atoms with E-state index < -0.39 is 11.8 Å². The normalized spacial score (nSPS) is 15.2. The highest BCUT2D eigenvalue weighted by Crippen LogP contribution is 2.25. The molecule has 1 aliphatic heterocycles. The van der Waals surface area contributed by atoms with Gasteiger partial charge in [-0.1, -0.05) is 24.3 Å². The van der Waals surface area contributed by atoms with E-state index in [1.807, 2.05) is 0 Å². The first kappa shape index (κ1) is 14.6. The third kappa shape index (κ3) is 2.87. The number of fused-ring (bicyclic) bond motifs is 1. The average molecular weight is 310 g/mol. The summed E-state index contributed by atoms with van der Waals surface area (Å²) >= 11 is 0. The molecule has 1 aliphatic rings. The second-order valence-corrected chi connectivity index (χ2v) is 5.09. The van der Waals surface area contributed by atoms with Gasteiger partial charge in [-0.15, -0.1) is 0 Å². The largest absolute Gasteiger partial charge is 0.504 e. The van der Waals surface area contributed by atoms with Crippen molar-refractivity contribution in [3.05, 3.63) is 65.4 Å². The van der Waals surface area contributed by atoms with E-state index in [4.69, 9.17) is 0 Å². The minimum atomic E-state index is -0.463. The van der Waals surface area contributed by atoms with Gasteiger partial charge in [0.1, 0.15) is 0 Å². The predicted molar refractivity (Wildman–Crippen MR) is 83.5 cm³/mol. The number of carbonyl (C=O) groups is 2. The molecule has 0 fully saturated rings. The van der Waals surface area contributed by atoms with Crippen LogP contribution in [0.4, 0.5) is 0 Å². The first-order chi connectivity index (χ1) is 11.1. The number of amides is 2. The number of benzene rings is 2. The minimum Gasteiger partial charge on any atom is -0.504 e. The molecule has 0 saturated carbocycles.